The Morgan fingerprint density at radius 1 is 1.39 bits per heavy atom. The summed E-state index contributed by atoms with van der Waals surface area (Å²) >= 11 is 0. The fourth-order valence-electron chi connectivity index (χ4n) is 2.11. The van der Waals surface area contributed by atoms with Gasteiger partial charge in [0, 0.05) is 6.04 Å². The molecule has 1 saturated carbocycles. The molecule has 0 aromatic carbocycles. The fraction of sp³-hybridized carbons (Fsp3) is 0.417. The molecule has 0 saturated heterocycles. The van der Waals surface area contributed by atoms with Crippen LogP contribution in [-0.2, 0) is 4.79 Å². The molecule has 0 radical (unpaired) electrons. The highest BCUT2D eigenvalue weighted by Crippen LogP contribution is 2.25. The van der Waals surface area contributed by atoms with E-state index in [0.29, 0.717) is 19.3 Å². The molecule has 6 heteroatoms. The van der Waals surface area contributed by atoms with E-state index in [1.165, 1.54) is 6.07 Å². The Kier molecular flexibility index (Phi) is 3.55. The zero-order valence-electron chi connectivity index (χ0n) is 9.60. The average Bonchev–Trinajstić information content (AvgIpc) is 2.78. The number of carboxylic acid groups (broad SMARTS) is 1. The van der Waals surface area contributed by atoms with Gasteiger partial charge < -0.3 is 10.4 Å². The smallest absolute Gasteiger partial charge is 0.306 e. The zero-order valence-corrected chi connectivity index (χ0v) is 9.60. The minimum Gasteiger partial charge on any atom is -0.481 e. The van der Waals surface area contributed by atoms with Gasteiger partial charge in [-0.05, 0) is 31.4 Å². The molecule has 1 aromatic heterocycles. The van der Waals surface area contributed by atoms with Crippen LogP contribution in [0.2, 0.25) is 0 Å². The van der Waals surface area contributed by atoms with Crippen LogP contribution in [0.15, 0.2) is 18.3 Å². The number of pyridine rings is 1. The van der Waals surface area contributed by atoms with E-state index in [0.717, 1.165) is 12.3 Å². The molecule has 1 aliphatic carbocycles. The predicted molar refractivity (Wildman–Crippen MR) is 60.4 cm³/mol. The molecule has 18 heavy (non-hydrogen) atoms. The summed E-state index contributed by atoms with van der Waals surface area (Å²) < 4.78 is 12.6. The number of amides is 1. The molecule has 1 fully saturated rings. The second-order valence-electron chi connectivity index (χ2n) is 4.38. The fourth-order valence-corrected chi connectivity index (χ4v) is 2.11. The van der Waals surface area contributed by atoms with Crippen molar-refractivity contribution < 1.29 is 19.1 Å². The third-order valence-corrected chi connectivity index (χ3v) is 3.08. The van der Waals surface area contributed by atoms with Crippen molar-refractivity contribution in [3.8, 4) is 0 Å². The van der Waals surface area contributed by atoms with Crippen molar-refractivity contribution in [1.29, 1.82) is 0 Å². The summed E-state index contributed by atoms with van der Waals surface area (Å²) in [5, 5.41) is 11.6. The van der Waals surface area contributed by atoms with Crippen LogP contribution in [-0.4, -0.2) is 28.0 Å². The molecule has 0 unspecified atom stereocenters. The van der Waals surface area contributed by atoms with Gasteiger partial charge in [0.25, 0.3) is 5.91 Å². The van der Waals surface area contributed by atoms with Crippen LogP contribution < -0.4 is 5.32 Å². The topological polar surface area (TPSA) is 79.3 Å². The third kappa shape index (κ3) is 2.82. The molecule has 1 aliphatic rings. The highest BCUT2D eigenvalue weighted by Gasteiger charge is 2.30. The normalized spacial score (nSPS) is 22.7. The van der Waals surface area contributed by atoms with Crippen LogP contribution >= 0.6 is 0 Å². The van der Waals surface area contributed by atoms with Crippen LogP contribution in [0.25, 0.3) is 0 Å². The Morgan fingerprint density at radius 2 is 2.17 bits per heavy atom. The van der Waals surface area contributed by atoms with Crippen LogP contribution in [0.4, 0.5) is 4.39 Å². The van der Waals surface area contributed by atoms with Crippen molar-refractivity contribution >= 4 is 11.9 Å². The Hall–Kier alpha value is -1.98. The van der Waals surface area contributed by atoms with E-state index in [9.17, 15) is 14.0 Å². The van der Waals surface area contributed by atoms with Gasteiger partial charge in [0.1, 0.15) is 11.5 Å². The number of aromatic nitrogens is 1. The van der Waals surface area contributed by atoms with Gasteiger partial charge >= 0.3 is 5.97 Å². The monoisotopic (exact) mass is 252 g/mol. The highest BCUT2D eigenvalue weighted by atomic mass is 19.1. The van der Waals surface area contributed by atoms with Crippen LogP contribution in [0, 0.1) is 11.7 Å². The molecule has 0 bridgehead atoms. The molecule has 2 N–H and O–H groups in total. The lowest BCUT2D eigenvalue weighted by Gasteiger charge is -2.11. The van der Waals surface area contributed by atoms with E-state index < -0.39 is 23.6 Å². The Bertz CT molecular complexity index is 461. The summed E-state index contributed by atoms with van der Waals surface area (Å²) in [4.78, 5) is 26.2. The molecule has 1 heterocycles. The number of halogens is 1. The standard InChI is InChI=1S/C12H13FN2O3/c13-8-2-4-10(14-6-8)11(16)15-9-3-1-7(5-9)12(17)18/h2,4,6-7,9H,1,3,5H2,(H,15,16)(H,17,18)/t7-,9+/m0/s1. The average molecular weight is 252 g/mol. The van der Waals surface area contributed by atoms with Crippen LogP contribution in [0.3, 0.4) is 0 Å². The molecule has 2 rings (SSSR count). The van der Waals surface area contributed by atoms with E-state index in [-0.39, 0.29) is 11.7 Å². The van der Waals surface area contributed by atoms with Crippen molar-refractivity contribution in [2.24, 2.45) is 5.92 Å². The molecule has 2 atom stereocenters. The van der Waals surface area contributed by atoms with Gasteiger partial charge in [0.05, 0.1) is 12.1 Å². The largest absolute Gasteiger partial charge is 0.481 e. The second kappa shape index (κ2) is 5.12. The molecule has 1 aromatic rings. The van der Waals surface area contributed by atoms with Crippen molar-refractivity contribution in [2.45, 2.75) is 25.3 Å². The Morgan fingerprint density at radius 3 is 2.72 bits per heavy atom. The first-order chi connectivity index (χ1) is 8.56. The number of hydrogen-bond donors (Lipinski definition) is 2. The first-order valence-electron chi connectivity index (χ1n) is 5.71. The maximum absolute atomic E-state index is 12.6. The summed E-state index contributed by atoms with van der Waals surface area (Å²) in [6, 6.07) is 2.32. The van der Waals surface area contributed by atoms with E-state index in [1.54, 1.807) is 0 Å². The first kappa shape index (κ1) is 12.5. The van der Waals surface area contributed by atoms with Crippen LogP contribution in [0.1, 0.15) is 29.8 Å². The van der Waals surface area contributed by atoms with Gasteiger partial charge in [0.15, 0.2) is 0 Å². The summed E-state index contributed by atoms with van der Waals surface area (Å²) in [5.74, 6) is -2.12. The number of hydrogen-bond acceptors (Lipinski definition) is 3. The molecule has 1 amide bonds. The van der Waals surface area contributed by atoms with Gasteiger partial charge in [-0.3, -0.25) is 9.59 Å². The molecule has 96 valence electrons. The quantitative estimate of drug-likeness (QED) is 0.847. The van der Waals surface area contributed by atoms with Gasteiger partial charge in [-0.15, -0.1) is 0 Å². The second-order valence-corrected chi connectivity index (χ2v) is 4.38. The van der Waals surface area contributed by atoms with Gasteiger partial charge in [-0.25, -0.2) is 9.37 Å². The first-order valence-corrected chi connectivity index (χ1v) is 5.71. The number of carbonyl (C=O) groups excluding carboxylic acids is 1. The van der Waals surface area contributed by atoms with Gasteiger partial charge in [-0.1, -0.05) is 0 Å². The summed E-state index contributed by atoms with van der Waals surface area (Å²) in [6.07, 6.45) is 2.62. The lowest BCUT2D eigenvalue weighted by molar-refractivity contribution is -0.141. The van der Waals surface area contributed by atoms with E-state index in [2.05, 4.69) is 10.3 Å². The van der Waals surface area contributed by atoms with Crippen molar-refractivity contribution in [1.82, 2.24) is 10.3 Å². The number of nitrogens with one attached hydrogen (secondary N) is 1. The third-order valence-electron chi connectivity index (χ3n) is 3.08. The highest BCUT2D eigenvalue weighted by molar-refractivity contribution is 5.92. The lowest BCUT2D eigenvalue weighted by atomic mass is 10.1. The Balaban J connectivity index is 1.92. The SMILES string of the molecule is O=C(N[C@@H]1CC[C@H](C(=O)O)C1)c1ccc(F)cn1. The van der Waals surface area contributed by atoms with Gasteiger partial charge in [-0.2, -0.15) is 0 Å². The number of nitrogens with zero attached hydrogens (tertiary/aromatic N) is 1. The summed E-state index contributed by atoms with van der Waals surface area (Å²) in [6.45, 7) is 0. The zero-order chi connectivity index (χ0) is 13.1. The molecular formula is C12H13FN2O3. The molecule has 0 aliphatic heterocycles. The number of carboxylic acids is 1. The lowest BCUT2D eigenvalue weighted by Crippen LogP contribution is -2.33. The molecule has 0 spiro atoms. The van der Waals surface area contributed by atoms with Crippen molar-refractivity contribution in [3.05, 3.63) is 29.8 Å². The molecular weight excluding hydrogens is 239 g/mol. The van der Waals surface area contributed by atoms with E-state index >= 15 is 0 Å². The number of rotatable bonds is 3. The van der Waals surface area contributed by atoms with Gasteiger partial charge in [0.2, 0.25) is 0 Å². The summed E-state index contributed by atoms with van der Waals surface area (Å²) in [5.41, 5.74) is 0.134. The number of aliphatic carboxylic acids is 1. The Labute approximate surface area is 103 Å². The predicted octanol–water partition coefficient (Wildman–Crippen LogP) is 1.20. The maximum Gasteiger partial charge on any atom is 0.306 e. The maximum atomic E-state index is 12.6. The number of carbonyl (C=O) groups is 2. The van der Waals surface area contributed by atoms with Crippen molar-refractivity contribution in [3.63, 3.8) is 0 Å². The van der Waals surface area contributed by atoms with Crippen LogP contribution in [0.5, 0.6) is 0 Å². The summed E-state index contributed by atoms with van der Waals surface area (Å²) in [7, 11) is 0. The van der Waals surface area contributed by atoms with E-state index in [1.807, 2.05) is 0 Å². The minimum atomic E-state index is -0.827. The minimum absolute atomic E-state index is 0.134. The van der Waals surface area contributed by atoms with E-state index in [4.69, 9.17) is 5.11 Å². The molecule has 5 nitrogen and oxygen atoms in total. The van der Waals surface area contributed by atoms with Crippen molar-refractivity contribution in [2.75, 3.05) is 0 Å².